The highest BCUT2D eigenvalue weighted by Crippen LogP contribution is 2.43. The molecule has 2 aliphatic carbocycles. The first kappa shape index (κ1) is 12.1. The minimum absolute atomic E-state index is 0.156. The lowest BCUT2D eigenvalue weighted by Gasteiger charge is -2.30. The first-order chi connectivity index (χ1) is 9.72. The van der Waals surface area contributed by atoms with Gasteiger partial charge in [0.05, 0.1) is 0 Å². The molecule has 1 unspecified atom stereocenters. The second-order valence-corrected chi connectivity index (χ2v) is 6.21. The van der Waals surface area contributed by atoms with E-state index >= 15 is 0 Å². The number of hydrogen-bond donors (Lipinski definition) is 0. The van der Waals surface area contributed by atoms with E-state index in [0.29, 0.717) is 0 Å². The standard InChI is InChI=1S/C18H12BrF/c19-14-7-5-11-1-3-13-4-2-12-6-8-15(20)10-17(12)18(13)16(11)9-14/h1,3-10,18H,2H2. The van der Waals surface area contributed by atoms with Crippen molar-refractivity contribution in [3.8, 4) is 0 Å². The maximum atomic E-state index is 13.7. The maximum absolute atomic E-state index is 13.7. The molecule has 0 saturated heterocycles. The van der Waals surface area contributed by atoms with Crippen LogP contribution in [0.1, 0.15) is 28.2 Å². The number of hydrogen-bond acceptors (Lipinski definition) is 0. The van der Waals surface area contributed by atoms with E-state index in [1.807, 2.05) is 12.1 Å². The number of allylic oxidation sites excluding steroid dienone is 3. The zero-order chi connectivity index (χ0) is 13.7. The van der Waals surface area contributed by atoms with E-state index in [1.165, 1.54) is 22.3 Å². The fraction of sp³-hybridized carbons (Fsp3) is 0.111. The van der Waals surface area contributed by atoms with Crippen LogP contribution >= 0.6 is 15.9 Å². The second-order valence-electron chi connectivity index (χ2n) is 5.29. The van der Waals surface area contributed by atoms with Crippen LogP contribution in [-0.4, -0.2) is 0 Å². The topological polar surface area (TPSA) is 0 Å². The van der Waals surface area contributed by atoms with Gasteiger partial charge < -0.3 is 0 Å². The van der Waals surface area contributed by atoms with Gasteiger partial charge in [0.15, 0.2) is 0 Å². The molecule has 0 aliphatic heterocycles. The second kappa shape index (κ2) is 4.42. The van der Waals surface area contributed by atoms with Gasteiger partial charge in [0.2, 0.25) is 0 Å². The van der Waals surface area contributed by atoms with Crippen molar-refractivity contribution in [3.05, 3.63) is 86.7 Å². The fourth-order valence-electron chi connectivity index (χ4n) is 3.19. The number of halogens is 2. The zero-order valence-electron chi connectivity index (χ0n) is 10.7. The van der Waals surface area contributed by atoms with Crippen molar-refractivity contribution in [2.45, 2.75) is 12.3 Å². The van der Waals surface area contributed by atoms with Crippen molar-refractivity contribution >= 4 is 22.0 Å². The Balaban J connectivity index is 1.99. The van der Waals surface area contributed by atoms with Crippen LogP contribution < -0.4 is 0 Å². The van der Waals surface area contributed by atoms with Gasteiger partial charge in [0.1, 0.15) is 5.82 Å². The average Bonchev–Trinajstić information content (AvgIpc) is 2.46. The van der Waals surface area contributed by atoms with Crippen molar-refractivity contribution in [2.24, 2.45) is 0 Å². The average molecular weight is 327 g/mol. The molecule has 0 N–H and O–H groups in total. The Kier molecular flexibility index (Phi) is 2.67. The lowest BCUT2D eigenvalue weighted by atomic mass is 9.74. The molecule has 2 aromatic carbocycles. The summed E-state index contributed by atoms with van der Waals surface area (Å²) in [6.07, 6.45) is 7.45. The Morgan fingerprint density at radius 2 is 1.90 bits per heavy atom. The molecule has 0 radical (unpaired) electrons. The molecule has 0 fully saturated rings. The minimum Gasteiger partial charge on any atom is -0.207 e. The first-order valence-corrected chi connectivity index (χ1v) is 7.47. The van der Waals surface area contributed by atoms with Crippen LogP contribution in [0.3, 0.4) is 0 Å². The quantitative estimate of drug-likeness (QED) is 0.621. The number of benzene rings is 2. The van der Waals surface area contributed by atoms with Gasteiger partial charge in [-0.3, -0.25) is 0 Å². The first-order valence-electron chi connectivity index (χ1n) is 6.68. The van der Waals surface area contributed by atoms with E-state index in [0.717, 1.165) is 16.5 Å². The van der Waals surface area contributed by atoms with Gasteiger partial charge in [0.25, 0.3) is 0 Å². The van der Waals surface area contributed by atoms with Gasteiger partial charge in [0, 0.05) is 10.4 Å². The minimum atomic E-state index is -0.156. The molecule has 2 heteroatoms. The smallest absolute Gasteiger partial charge is 0.123 e. The summed E-state index contributed by atoms with van der Waals surface area (Å²) in [5.74, 6) is 0.00282. The Bertz CT molecular complexity index is 771. The van der Waals surface area contributed by atoms with Gasteiger partial charge in [-0.05, 0) is 58.5 Å². The number of fused-ring (bicyclic) bond motifs is 5. The molecule has 2 aromatic rings. The molecule has 4 rings (SSSR count). The molecule has 1 atom stereocenters. The molecular formula is C18H12BrF. The molecule has 2 aliphatic rings. The van der Waals surface area contributed by atoms with E-state index in [1.54, 1.807) is 12.1 Å². The Morgan fingerprint density at radius 3 is 2.80 bits per heavy atom. The van der Waals surface area contributed by atoms with Crippen LogP contribution in [0.2, 0.25) is 0 Å². The van der Waals surface area contributed by atoms with Gasteiger partial charge in [-0.15, -0.1) is 0 Å². The Hall–Kier alpha value is -1.67. The zero-order valence-corrected chi connectivity index (χ0v) is 12.3. The van der Waals surface area contributed by atoms with Crippen molar-refractivity contribution < 1.29 is 4.39 Å². The van der Waals surface area contributed by atoms with Gasteiger partial charge in [-0.2, -0.15) is 0 Å². The molecular weight excluding hydrogens is 315 g/mol. The predicted octanol–water partition coefficient (Wildman–Crippen LogP) is 5.23. The van der Waals surface area contributed by atoms with Crippen LogP contribution in [0.25, 0.3) is 6.08 Å². The third-order valence-corrected chi connectivity index (χ3v) is 4.62. The number of rotatable bonds is 0. The molecule has 0 nitrogen and oxygen atoms in total. The van der Waals surface area contributed by atoms with Gasteiger partial charge >= 0.3 is 0 Å². The summed E-state index contributed by atoms with van der Waals surface area (Å²) in [5.41, 5.74) is 6.06. The van der Waals surface area contributed by atoms with Crippen LogP contribution in [0.15, 0.2) is 58.6 Å². The highest BCUT2D eigenvalue weighted by Gasteiger charge is 2.28. The highest BCUT2D eigenvalue weighted by molar-refractivity contribution is 9.10. The SMILES string of the molecule is Fc1ccc2c(c1)C1C(=CC2)C=Cc2ccc(Br)cc21. The van der Waals surface area contributed by atoms with Gasteiger partial charge in [-0.25, -0.2) is 4.39 Å². The molecule has 0 heterocycles. The molecule has 0 aromatic heterocycles. The van der Waals surface area contributed by atoms with Crippen molar-refractivity contribution in [1.82, 2.24) is 0 Å². The van der Waals surface area contributed by atoms with E-state index in [9.17, 15) is 4.39 Å². The lowest BCUT2D eigenvalue weighted by Crippen LogP contribution is -2.15. The van der Waals surface area contributed by atoms with E-state index in [4.69, 9.17) is 0 Å². The van der Waals surface area contributed by atoms with Crippen LogP contribution in [0.5, 0.6) is 0 Å². The Morgan fingerprint density at radius 1 is 1.00 bits per heavy atom. The largest absolute Gasteiger partial charge is 0.207 e. The summed E-state index contributed by atoms with van der Waals surface area (Å²) in [4.78, 5) is 0. The lowest BCUT2D eigenvalue weighted by molar-refractivity contribution is 0.623. The van der Waals surface area contributed by atoms with Crippen molar-refractivity contribution in [2.75, 3.05) is 0 Å². The summed E-state index contributed by atoms with van der Waals surface area (Å²) >= 11 is 3.54. The van der Waals surface area contributed by atoms with Gasteiger partial charge in [-0.1, -0.05) is 46.3 Å². The molecule has 0 saturated carbocycles. The summed E-state index contributed by atoms with van der Waals surface area (Å²) < 4.78 is 14.7. The van der Waals surface area contributed by atoms with Crippen molar-refractivity contribution in [3.63, 3.8) is 0 Å². The summed E-state index contributed by atoms with van der Waals surface area (Å²) in [5, 5.41) is 0. The molecule has 0 bridgehead atoms. The molecule has 98 valence electrons. The maximum Gasteiger partial charge on any atom is 0.123 e. The highest BCUT2D eigenvalue weighted by atomic mass is 79.9. The van der Waals surface area contributed by atoms with E-state index < -0.39 is 0 Å². The monoisotopic (exact) mass is 326 g/mol. The summed E-state index contributed by atoms with van der Waals surface area (Å²) in [7, 11) is 0. The van der Waals surface area contributed by atoms with Crippen molar-refractivity contribution in [1.29, 1.82) is 0 Å². The van der Waals surface area contributed by atoms with E-state index in [-0.39, 0.29) is 11.7 Å². The van der Waals surface area contributed by atoms with Crippen LogP contribution in [0.4, 0.5) is 4.39 Å². The van der Waals surface area contributed by atoms with Crippen LogP contribution in [0, 0.1) is 5.82 Å². The normalized spacial score (nSPS) is 18.9. The molecule has 20 heavy (non-hydrogen) atoms. The fourth-order valence-corrected chi connectivity index (χ4v) is 3.57. The molecule has 0 amide bonds. The predicted molar refractivity (Wildman–Crippen MR) is 83.2 cm³/mol. The third-order valence-electron chi connectivity index (χ3n) is 4.13. The summed E-state index contributed by atoms with van der Waals surface area (Å²) in [6, 6.07) is 11.5. The third kappa shape index (κ3) is 1.79. The summed E-state index contributed by atoms with van der Waals surface area (Å²) in [6.45, 7) is 0. The van der Waals surface area contributed by atoms with Crippen LogP contribution in [-0.2, 0) is 6.42 Å². The Labute approximate surface area is 125 Å². The van der Waals surface area contributed by atoms with E-state index in [2.05, 4.69) is 46.3 Å². The molecule has 0 spiro atoms.